The second kappa shape index (κ2) is 5.56. The number of hydrogen-bond donors (Lipinski definition) is 0. The lowest BCUT2D eigenvalue weighted by molar-refractivity contribution is -0.105. The van der Waals surface area contributed by atoms with Crippen molar-refractivity contribution in [3.8, 4) is 0 Å². The SMILES string of the molecule is C=C(CCC(F)F)C1=C(C=O)CCC(C)(C)C1. The molecule has 0 saturated heterocycles. The summed E-state index contributed by atoms with van der Waals surface area (Å²) in [5, 5.41) is 0. The maximum absolute atomic E-state index is 12.2. The fraction of sp³-hybridized carbons (Fsp3) is 0.643. The Kier molecular flexibility index (Phi) is 4.61. The zero-order chi connectivity index (χ0) is 13.1. The summed E-state index contributed by atoms with van der Waals surface area (Å²) in [7, 11) is 0. The van der Waals surface area contributed by atoms with Crippen molar-refractivity contribution in [2.45, 2.75) is 52.4 Å². The fourth-order valence-corrected chi connectivity index (χ4v) is 2.22. The van der Waals surface area contributed by atoms with Crippen LogP contribution in [0.5, 0.6) is 0 Å². The molecule has 96 valence electrons. The molecule has 1 rings (SSSR count). The second-order valence-corrected chi connectivity index (χ2v) is 5.50. The molecule has 1 aliphatic carbocycles. The van der Waals surface area contributed by atoms with Crippen LogP contribution in [-0.4, -0.2) is 12.7 Å². The highest BCUT2D eigenvalue weighted by molar-refractivity contribution is 5.76. The van der Waals surface area contributed by atoms with Gasteiger partial charge in [-0.15, -0.1) is 0 Å². The third-order valence-corrected chi connectivity index (χ3v) is 3.35. The van der Waals surface area contributed by atoms with Crippen LogP contribution in [0.3, 0.4) is 0 Å². The Balaban J connectivity index is 2.79. The molecule has 0 aromatic rings. The normalized spacial score (nSPS) is 19.6. The van der Waals surface area contributed by atoms with Gasteiger partial charge in [-0.25, -0.2) is 8.78 Å². The van der Waals surface area contributed by atoms with Crippen molar-refractivity contribution >= 4 is 6.29 Å². The summed E-state index contributed by atoms with van der Waals surface area (Å²) >= 11 is 0. The summed E-state index contributed by atoms with van der Waals surface area (Å²) in [4.78, 5) is 11.0. The van der Waals surface area contributed by atoms with Crippen molar-refractivity contribution < 1.29 is 13.6 Å². The zero-order valence-corrected chi connectivity index (χ0v) is 10.6. The van der Waals surface area contributed by atoms with Crippen molar-refractivity contribution in [3.05, 3.63) is 23.3 Å². The first-order valence-electron chi connectivity index (χ1n) is 5.99. The molecule has 0 amide bonds. The predicted octanol–water partition coefficient (Wildman–Crippen LogP) is 4.29. The molecule has 0 radical (unpaired) electrons. The summed E-state index contributed by atoms with van der Waals surface area (Å²) in [5.74, 6) is 0. The molecule has 3 heteroatoms. The van der Waals surface area contributed by atoms with E-state index in [-0.39, 0.29) is 18.3 Å². The van der Waals surface area contributed by atoms with Gasteiger partial charge in [-0.1, -0.05) is 26.0 Å². The third kappa shape index (κ3) is 4.06. The third-order valence-electron chi connectivity index (χ3n) is 3.35. The average molecular weight is 242 g/mol. The highest BCUT2D eigenvalue weighted by atomic mass is 19.3. The minimum atomic E-state index is -2.30. The molecule has 1 nitrogen and oxygen atoms in total. The Hall–Kier alpha value is -0.990. The van der Waals surface area contributed by atoms with Crippen molar-refractivity contribution in [2.75, 3.05) is 0 Å². The number of allylic oxidation sites excluding steroid dienone is 3. The van der Waals surface area contributed by atoms with Gasteiger partial charge in [-0.2, -0.15) is 0 Å². The molecule has 0 bridgehead atoms. The molecule has 0 heterocycles. The van der Waals surface area contributed by atoms with E-state index < -0.39 is 6.43 Å². The molecule has 0 N–H and O–H groups in total. The van der Waals surface area contributed by atoms with Gasteiger partial charge in [0.2, 0.25) is 6.43 Å². The van der Waals surface area contributed by atoms with E-state index in [0.717, 1.165) is 36.7 Å². The Labute approximate surface area is 102 Å². The quantitative estimate of drug-likeness (QED) is 0.657. The van der Waals surface area contributed by atoms with Crippen molar-refractivity contribution in [3.63, 3.8) is 0 Å². The predicted molar refractivity (Wildman–Crippen MR) is 65.1 cm³/mol. The van der Waals surface area contributed by atoms with Gasteiger partial charge in [0.05, 0.1) is 0 Å². The molecular formula is C14H20F2O. The van der Waals surface area contributed by atoms with Crippen LogP contribution in [-0.2, 0) is 4.79 Å². The van der Waals surface area contributed by atoms with Crippen LogP contribution in [0.2, 0.25) is 0 Å². The van der Waals surface area contributed by atoms with Crippen molar-refractivity contribution in [1.29, 1.82) is 0 Å². The number of rotatable bonds is 5. The molecule has 0 spiro atoms. The van der Waals surface area contributed by atoms with Crippen molar-refractivity contribution in [1.82, 2.24) is 0 Å². The molecule has 0 atom stereocenters. The van der Waals surface area contributed by atoms with Crippen LogP contribution in [0.4, 0.5) is 8.78 Å². The summed E-state index contributed by atoms with van der Waals surface area (Å²) in [6.45, 7) is 8.13. The van der Waals surface area contributed by atoms with Gasteiger partial charge >= 0.3 is 0 Å². The number of carbonyl (C=O) groups is 1. The minimum absolute atomic E-state index is 0.135. The van der Waals surface area contributed by atoms with E-state index in [9.17, 15) is 13.6 Å². The fourth-order valence-electron chi connectivity index (χ4n) is 2.22. The van der Waals surface area contributed by atoms with Gasteiger partial charge in [-0.3, -0.25) is 4.79 Å². The van der Waals surface area contributed by atoms with E-state index in [2.05, 4.69) is 20.4 Å². The summed E-state index contributed by atoms with van der Waals surface area (Å²) in [6.07, 6.45) is 1.13. The van der Waals surface area contributed by atoms with Gasteiger partial charge in [0, 0.05) is 6.42 Å². The molecule has 0 aromatic carbocycles. The van der Waals surface area contributed by atoms with Gasteiger partial charge in [0.25, 0.3) is 0 Å². The number of aldehydes is 1. The van der Waals surface area contributed by atoms with Crippen LogP contribution >= 0.6 is 0 Å². The van der Waals surface area contributed by atoms with E-state index >= 15 is 0 Å². The van der Waals surface area contributed by atoms with Crippen LogP contribution in [0.15, 0.2) is 23.3 Å². The molecular weight excluding hydrogens is 222 g/mol. The largest absolute Gasteiger partial charge is 0.298 e. The summed E-state index contributed by atoms with van der Waals surface area (Å²) < 4.78 is 24.3. The molecule has 0 fully saturated rings. The Bertz CT molecular complexity index is 340. The van der Waals surface area contributed by atoms with Gasteiger partial charge < -0.3 is 0 Å². The Morgan fingerprint density at radius 1 is 1.53 bits per heavy atom. The highest BCUT2D eigenvalue weighted by Crippen LogP contribution is 2.41. The van der Waals surface area contributed by atoms with E-state index in [0.29, 0.717) is 5.57 Å². The van der Waals surface area contributed by atoms with Crippen LogP contribution < -0.4 is 0 Å². The van der Waals surface area contributed by atoms with Crippen LogP contribution in [0.1, 0.15) is 46.0 Å². The average Bonchev–Trinajstić information content (AvgIpc) is 2.24. The number of alkyl halides is 2. The van der Waals surface area contributed by atoms with Crippen LogP contribution in [0.25, 0.3) is 0 Å². The molecule has 17 heavy (non-hydrogen) atoms. The van der Waals surface area contributed by atoms with E-state index in [4.69, 9.17) is 0 Å². The lowest BCUT2D eigenvalue weighted by atomic mass is 9.72. The van der Waals surface area contributed by atoms with E-state index in [1.54, 1.807) is 0 Å². The Morgan fingerprint density at radius 2 is 2.18 bits per heavy atom. The Morgan fingerprint density at radius 3 is 2.71 bits per heavy atom. The molecule has 1 aliphatic rings. The topological polar surface area (TPSA) is 17.1 Å². The lowest BCUT2D eigenvalue weighted by Gasteiger charge is -2.32. The van der Waals surface area contributed by atoms with Crippen LogP contribution in [0, 0.1) is 5.41 Å². The first-order valence-corrected chi connectivity index (χ1v) is 5.99. The summed E-state index contributed by atoms with van der Waals surface area (Å²) in [5.41, 5.74) is 2.51. The molecule has 0 aromatic heterocycles. The van der Waals surface area contributed by atoms with Gasteiger partial charge in [-0.05, 0) is 42.2 Å². The minimum Gasteiger partial charge on any atom is -0.298 e. The monoisotopic (exact) mass is 242 g/mol. The van der Waals surface area contributed by atoms with Gasteiger partial charge in [0.15, 0.2) is 0 Å². The van der Waals surface area contributed by atoms with E-state index in [1.165, 1.54) is 0 Å². The number of halogens is 2. The zero-order valence-electron chi connectivity index (χ0n) is 10.6. The first-order chi connectivity index (χ1) is 7.85. The van der Waals surface area contributed by atoms with Gasteiger partial charge in [0.1, 0.15) is 6.29 Å². The second-order valence-electron chi connectivity index (χ2n) is 5.50. The number of carbonyl (C=O) groups excluding carboxylic acids is 1. The smallest absolute Gasteiger partial charge is 0.239 e. The maximum atomic E-state index is 12.2. The summed E-state index contributed by atoms with van der Waals surface area (Å²) in [6, 6.07) is 0. The first kappa shape index (κ1) is 14.1. The molecule has 0 saturated carbocycles. The lowest BCUT2D eigenvalue weighted by Crippen LogP contribution is -2.20. The molecule has 0 unspecified atom stereocenters. The van der Waals surface area contributed by atoms with Crippen molar-refractivity contribution in [2.24, 2.45) is 5.41 Å². The highest BCUT2D eigenvalue weighted by Gasteiger charge is 2.27. The molecule has 0 aliphatic heterocycles. The standard InChI is InChI=1S/C14H20F2O/c1-10(4-5-13(15)16)12-8-14(2,3)7-6-11(12)9-17/h9,13H,1,4-8H2,2-3H3. The van der Waals surface area contributed by atoms with E-state index in [1.807, 2.05) is 0 Å². The maximum Gasteiger partial charge on any atom is 0.239 e. The number of hydrogen-bond acceptors (Lipinski definition) is 1.